The van der Waals surface area contributed by atoms with Crippen LogP contribution in [0.15, 0.2) is 52.9 Å². The van der Waals surface area contributed by atoms with Gasteiger partial charge in [-0.05, 0) is 35.4 Å². The van der Waals surface area contributed by atoms with Gasteiger partial charge in [0, 0.05) is 5.39 Å². The maximum Gasteiger partial charge on any atom is 0.573 e. The molecule has 0 atom stereocenters. The van der Waals surface area contributed by atoms with Gasteiger partial charge < -0.3 is 14.3 Å². The molecule has 0 fully saturated rings. The van der Waals surface area contributed by atoms with Crippen molar-refractivity contribution in [3.05, 3.63) is 54.3 Å². The van der Waals surface area contributed by atoms with Crippen LogP contribution in [0.1, 0.15) is 10.6 Å². The minimum Gasteiger partial charge on any atom is -0.475 e. The van der Waals surface area contributed by atoms with Crippen LogP contribution in [0.25, 0.3) is 22.1 Å². The average Bonchev–Trinajstić information content (AvgIpc) is 2.89. The van der Waals surface area contributed by atoms with Crippen LogP contribution in [0.2, 0.25) is 0 Å². The zero-order valence-corrected chi connectivity index (χ0v) is 11.4. The summed E-state index contributed by atoms with van der Waals surface area (Å²) in [6.45, 7) is 0. The molecule has 0 radical (unpaired) electrons. The fourth-order valence-electron chi connectivity index (χ4n) is 2.17. The molecule has 0 amide bonds. The number of hydrogen-bond donors (Lipinski definition) is 1. The van der Waals surface area contributed by atoms with E-state index in [4.69, 9.17) is 9.52 Å². The zero-order chi connectivity index (χ0) is 16.6. The summed E-state index contributed by atoms with van der Waals surface area (Å²) >= 11 is 0. The van der Waals surface area contributed by atoms with E-state index in [1.807, 2.05) is 0 Å². The Balaban J connectivity index is 1.92. The third-order valence-corrected chi connectivity index (χ3v) is 3.15. The Bertz CT molecular complexity index is 863. The quantitative estimate of drug-likeness (QED) is 0.759. The summed E-state index contributed by atoms with van der Waals surface area (Å²) in [7, 11) is 0. The van der Waals surface area contributed by atoms with Gasteiger partial charge in [0.1, 0.15) is 11.3 Å². The van der Waals surface area contributed by atoms with Crippen LogP contribution >= 0.6 is 0 Å². The number of fused-ring (bicyclic) bond motifs is 1. The number of alkyl halides is 3. The van der Waals surface area contributed by atoms with Crippen molar-refractivity contribution in [2.75, 3.05) is 0 Å². The van der Waals surface area contributed by atoms with E-state index < -0.39 is 12.3 Å². The van der Waals surface area contributed by atoms with Gasteiger partial charge in [-0.3, -0.25) is 0 Å². The van der Waals surface area contributed by atoms with Gasteiger partial charge >= 0.3 is 12.3 Å². The van der Waals surface area contributed by atoms with E-state index in [1.165, 1.54) is 30.3 Å². The van der Waals surface area contributed by atoms with Crippen molar-refractivity contribution in [2.45, 2.75) is 6.36 Å². The number of halogens is 3. The summed E-state index contributed by atoms with van der Waals surface area (Å²) in [5.74, 6) is -1.66. The molecule has 2 aromatic carbocycles. The van der Waals surface area contributed by atoms with E-state index in [9.17, 15) is 18.0 Å². The molecule has 0 bridgehead atoms. The maximum atomic E-state index is 12.1. The predicted octanol–water partition coefficient (Wildman–Crippen LogP) is 4.70. The molecule has 0 saturated carbocycles. The maximum absolute atomic E-state index is 12.1. The molecule has 23 heavy (non-hydrogen) atoms. The smallest absolute Gasteiger partial charge is 0.475 e. The van der Waals surface area contributed by atoms with Gasteiger partial charge in [-0.15, -0.1) is 13.2 Å². The van der Waals surface area contributed by atoms with Crippen LogP contribution in [-0.4, -0.2) is 17.4 Å². The van der Waals surface area contributed by atoms with Gasteiger partial charge in [-0.25, -0.2) is 4.79 Å². The number of carboxylic acids is 1. The molecule has 0 spiro atoms. The van der Waals surface area contributed by atoms with Gasteiger partial charge in [0.15, 0.2) is 0 Å². The van der Waals surface area contributed by atoms with Gasteiger partial charge in [0.25, 0.3) is 0 Å². The van der Waals surface area contributed by atoms with Crippen LogP contribution in [0.4, 0.5) is 13.2 Å². The highest BCUT2D eigenvalue weighted by Gasteiger charge is 2.30. The Morgan fingerprint density at radius 2 is 1.65 bits per heavy atom. The Morgan fingerprint density at radius 3 is 2.26 bits per heavy atom. The van der Waals surface area contributed by atoms with Crippen LogP contribution in [-0.2, 0) is 0 Å². The first-order chi connectivity index (χ1) is 10.8. The molecule has 0 aliphatic heterocycles. The number of furan rings is 1. The van der Waals surface area contributed by atoms with Gasteiger partial charge in [0.05, 0.1) is 0 Å². The number of rotatable bonds is 3. The minimum atomic E-state index is -4.73. The first kappa shape index (κ1) is 15.0. The molecule has 118 valence electrons. The van der Waals surface area contributed by atoms with Gasteiger partial charge in [-0.1, -0.05) is 24.3 Å². The zero-order valence-electron chi connectivity index (χ0n) is 11.4. The first-order valence-electron chi connectivity index (χ1n) is 6.45. The number of hydrogen-bond acceptors (Lipinski definition) is 3. The second-order valence-corrected chi connectivity index (χ2v) is 4.74. The van der Waals surface area contributed by atoms with E-state index in [0.29, 0.717) is 22.1 Å². The third-order valence-electron chi connectivity index (χ3n) is 3.15. The van der Waals surface area contributed by atoms with E-state index in [0.717, 1.165) is 0 Å². The fraction of sp³-hybridized carbons (Fsp3) is 0.0625. The molecule has 0 saturated heterocycles. The van der Waals surface area contributed by atoms with Crippen molar-refractivity contribution < 1.29 is 32.2 Å². The third kappa shape index (κ3) is 3.28. The second-order valence-electron chi connectivity index (χ2n) is 4.74. The monoisotopic (exact) mass is 322 g/mol. The number of carboxylic acid groups (broad SMARTS) is 1. The van der Waals surface area contributed by atoms with Crippen molar-refractivity contribution >= 4 is 16.9 Å². The Morgan fingerprint density at radius 1 is 1.00 bits per heavy atom. The fourth-order valence-corrected chi connectivity index (χ4v) is 2.17. The molecule has 7 heteroatoms. The lowest BCUT2D eigenvalue weighted by molar-refractivity contribution is -0.274. The van der Waals surface area contributed by atoms with Crippen LogP contribution in [0.3, 0.4) is 0 Å². The van der Waals surface area contributed by atoms with Crippen molar-refractivity contribution in [3.8, 4) is 16.9 Å². The molecule has 1 aromatic heterocycles. The van der Waals surface area contributed by atoms with Crippen molar-refractivity contribution in [2.24, 2.45) is 0 Å². The number of ether oxygens (including phenoxy) is 1. The lowest BCUT2D eigenvalue weighted by Crippen LogP contribution is -2.16. The highest BCUT2D eigenvalue weighted by atomic mass is 19.4. The lowest BCUT2D eigenvalue weighted by Gasteiger charge is -2.09. The molecule has 1 N–H and O–H groups in total. The minimum absolute atomic E-state index is 0.175. The Labute approximate surface area is 127 Å². The molecule has 3 aromatic rings. The summed E-state index contributed by atoms with van der Waals surface area (Å²) < 4.78 is 45.4. The van der Waals surface area contributed by atoms with E-state index >= 15 is 0 Å². The number of carbonyl (C=O) groups is 1. The molecule has 1 heterocycles. The molecule has 0 aliphatic rings. The summed E-state index contributed by atoms with van der Waals surface area (Å²) in [5, 5.41) is 9.52. The molecular formula is C16H9F3O4. The SMILES string of the molecule is O=C(O)c1cc2ccc(-c3ccc(OC(F)(F)F)cc3)cc2o1. The molecule has 3 rings (SSSR count). The standard InChI is InChI=1S/C16H9F3O4/c17-16(18,19)23-12-5-3-9(4-6-12)10-1-2-11-8-14(15(20)21)22-13(11)7-10/h1-8H,(H,20,21). The first-order valence-corrected chi connectivity index (χ1v) is 6.45. The van der Waals surface area contributed by atoms with Crippen LogP contribution in [0.5, 0.6) is 5.75 Å². The Kier molecular flexibility index (Phi) is 3.48. The van der Waals surface area contributed by atoms with Gasteiger partial charge in [0.2, 0.25) is 5.76 Å². The summed E-state index contributed by atoms with van der Waals surface area (Å²) in [4.78, 5) is 10.9. The van der Waals surface area contributed by atoms with Gasteiger partial charge in [-0.2, -0.15) is 0 Å². The average molecular weight is 322 g/mol. The molecule has 0 aliphatic carbocycles. The topological polar surface area (TPSA) is 59.7 Å². The molecule has 0 unspecified atom stereocenters. The predicted molar refractivity (Wildman–Crippen MR) is 75.3 cm³/mol. The van der Waals surface area contributed by atoms with E-state index in [1.54, 1.807) is 18.2 Å². The molecular weight excluding hydrogens is 313 g/mol. The second kappa shape index (κ2) is 5.35. The normalized spacial score (nSPS) is 11.6. The number of aromatic carboxylic acids is 1. The van der Waals surface area contributed by atoms with E-state index in [-0.39, 0.29) is 11.5 Å². The summed E-state index contributed by atoms with van der Waals surface area (Å²) in [6, 6.07) is 11.8. The van der Waals surface area contributed by atoms with Crippen LogP contribution < -0.4 is 4.74 Å². The highest BCUT2D eigenvalue weighted by molar-refractivity contribution is 5.92. The summed E-state index contributed by atoms with van der Waals surface area (Å²) in [5.41, 5.74) is 1.72. The largest absolute Gasteiger partial charge is 0.573 e. The lowest BCUT2D eigenvalue weighted by atomic mass is 10.0. The van der Waals surface area contributed by atoms with Crippen molar-refractivity contribution in [3.63, 3.8) is 0 Å². The van der Waals surface area contributed by atoms with Crippen molar-refractivity contribution in [1.29, 1.82) is 0 Å². The van der Waals surface area contributed by atoms with Crippen molar-refractivity contribution in [1.82, 2.24) is 0 Å². The highest BCUT2D eigenvalue weighted by Crippen LogP contribution is 2.29. The molecule has 4 nitrogen and oxygen atoms in total. The number of benzene rings is 2. The van der Waals surface area contributed by atoms with Crippen LogP contribution in [0, 0.1) is 0 Å². The van der Waals surface area contributed by atoms with E-state index in [2.05, 4.69) is 4.74 Å². The Hall–Kier alpha value is -2.96. The summed E-state index contributed by atoms with van der Waals surface area (Å²) in [6.07, 6.45) is -4.73.